The molecule has 27 heavy (non-hydrogen) atoms. The van der Waals surface area contributed by atoms with E-state index >= 15 is 0 Å². The van der Waals surface area contributed by atoms with E-state index in [1.54, 1.807) is 24.1 Å². The van der Waals surface area contributed by atoms with Crippen molar-refractivity contribution in [3.63, 3.8) is 0 Å². The Morgan fingerprint density at radius 2 is 1.93 bits per heavy atom. The van der Waals surface area contributed by atoms with Gasteiger partial charge >= 0.3 is 0 Å². The quantitative estimate of drug-likeness (QED) is 0.753. The van der Waals surface area contributed by atoms with Gasteiger partial charge in [-0.15, -0.1) is 0 Å². The number of hydrogen-bond donors (Lipinski definition) is 1. The van der Waals surface area contributed by atoms with E-state index in [1.165, 1.54) is 6.07 Å². The van der Waals surface area contributed by atoms with E-state index in [1.807, 2.05) is 24.3 Å². The van der Waals surface area contributed by atoms with Crippen molar-refractivity contribution < 1.29 is 13.9 Å². The molecule has 0 atom stereocenters. The maximum Gasteiger partial charge on any atom is 0.238 e. The molecule has 3 rings (SSSR count). The number of morpholine rings is 1. The van der Waals surface area contributed by atoms with Gasteiger partial charge in [-0.25, -0.2) is 4.39 Å². The van der Waals surface area contributed by atoms with Crippen molar-refractivity contribution >= 4 is 33.2 Å². The molecule has 0 bridgehead atoms. The number of likely N-dealkylation sites (N-methyl/N-ethyl adjacent to an activating group) is 1. The first-order valence-electron chi connectivity index (χ1n) is 8.86. The van der Waals surface area contributed by atoms with Crippen molar-refractivity contribution in [1.82, 2.24) is 4.90 Å². The number of rotatable bonds is 6. The van der Waals surface area contributed by atoms with Gasteiger partial charge in [-0.05, 0) is 43.4 Å². The summed E-state index contributed by atoms with van der Waals surface area (Å²) in [5, 5.41) is 2.89. The minimum absolute atomic E-state index is 0.130. The SMILES string of the molecule is CN(CC(=O)Nc1ccc(N2CCOCC2)cc1)Cc1ccc(Br)cc1F. The zero-order valence-corrected chi connectivity index (χ0v) is 16.8. The molecule has 2 aromatic carbocycles. The fourth-order valence-electron chi connectivity index (χ4n) is 3.02. The van der Waals surface area contributed by atoms with Crippen LogP contribution in [0, 0.1) is 5.82 Å². The molecule has 1 saturated heterocycles. The third-order valence-corrected chi connectivity index (χ3v) is 4.89. The molecule has 0 aliphatic carbocycles. The summed E-state index contributed by atoms with van der Waals surface area (Å²) in [6.45, 7) is 3.78. The molecule has 0 saturated carbocycles. The number of anilines is 2. The summed E-state index contributed by atoms with van der Waals surface area (Å²) in [7, 11) is 1.79. The number of ether oxygens (including phenoxy) is 1. The van der Waals surface area contributed by atoms with Crippen molar-refractivity contribution in [1.29, 1.82) is 0 Å². The summed E-state index contributed by atoms with van der Waals surface area (Å²) in [6.07, 6.45) is 0. The second-order valence-corrected chi connectivity index (χ2v) is 7.52. The van der Waals surface area contributed by atoms with Gasteiger partial charge in [0.25, 0.3) is 0 Å². The number of nitrogens with one attached hydrogen (secondary N) is 1. The van der Waals surface area contributed by atoms with Crippen LogP contribution in [-0.2, 0) is 16.1 Å². The Bertz CT molecular complexity index is 779. The number of carbonyl (C=O) groups excluding carboxylic acids is 1. The molecule has 0 unspecified atom stereocenters. The van der Waals surface area contributed by atoms with Crippen LogP contribution in [0.25, 0.3) is 0 Å². The molecule has 7 heteroatoms. The van der Waals surface area contributed by atoms with Crippen molar-refractivity contribution in [2.75, 3.05) is 50.1 Å². The molecular weight excluding hydrogens is 413 g/mol. The molecule has 1 heterocycles. The fourth-order valence-corrected chi connectivity index (χ4v) is 3.35. The van der Waals surface area contributed by atoms with E-state index in [9.17, 15) is 9.18 Å². The van der Waals surface area contributed by atoms with Crippen LogP contribution in [0.3, 0.4) is 0 Å². The van der Waals surface area contributed by atoms with Gasteiger partial charge in [0.15, 0.2) is 0 Å². The van der Waals surface area contributed by atoms with Crippen LogP contribution >= 0.6 is 15.9 Å². The lowest BCUT2D eigenvalue weighted by Gasteiger charge is -2.28. The monoisotopic (exact) mass is 435 g/mol. The lowest BCUT2D eigenvalue weighted by Crippen LogP contribution is -2.36. The number of halogens is 2. The molecule has 1 fully saturated rings. The Hall–Kier alpha value is -1.96. The second kappa shape index (κ2) is 9.30. The number of hydrogen-bond acceptors (Lipinski definition) is 4. The maximum atomic E-state index is 13.9. The summed E-state index contributed by atoms with van der Waals surface area (Å²) in [5.74, 6) is -0.413. The summed E-state index contributed by atoms with van der Waals surface area (Å²) >= 11 is 3.24. The van der Waals surface area contributed by atoms with Gasteiger partial charge in [0.2, 0.25) is 5.91 Å². The molecule has 2 aromatic rings. The highest BCUT2D eigenvalue weighted by Crippen LogP contribution is 2.19. The molecule has 0 spiro atoms. The van der Waals surface area contributed by atoms with Gasteiger partial charge in [-0.2, -0.15) is 0 Å². The van der Waals surface area contributed by atoms with Crippen molar-refractivity contribution in [3.05, 3.63) is 58.3 Å². The third-order valence-electron chi connectivity index (χ3n) is 4.40. The van der Waals surface area contributed by atoms with E-state index < -0.39 is 0 Å². The number of nitrogens with zero attached hydrogens (tertiary/aromatic N) is 2. The van der Waals surface area contributed by atoms with E-state index in [0.717, 1.165) is 37.7 Å². The highest BCUT2D eigenvalue weighted by molar-refractivity contribution is 9.10. The predicted octanol–water partition coefficient (Wildman–Crippen LogP) is 3.50. The summed E-state index contributed by atoms with van der Waals surface area (Å²) < 4.78 is 20.0. The minimum atomic E-state index is -0.282. The molecule has 1 amide bonds. The zero-order chi connectivity index (χ0) is 19.2. The van der Waals surface area contributed by atoms with Gasteiger partial charge < -0.3 is 15.0 Å². The lowest BCUT2D eigenvalue weighted by atomic mass is 10.2. The molecule has 1 aliphatic heterocycles. The summed E-state index contributed by atoms with van der Waals surface area (Å²) in [6, 6.07) is 12.7. The van der Waals surface area contributed by atoms with Crippen LogP contribution < -0.4 is 10.2 Å². The largest absolute Gasteiger partial charge is 0.378 e. The van der Waals surface area contributed by atoms with Crippen LogP contribution in [0.2, 0.25) is 0 Å². The lowest BCUT2D eigenvalue weighted by molar-refractivity contribution is -0.117. The van der Waals surface area contributed by atoms with E-state index in [2.05, 4.69) is 26.1 Å². The standard InChI is InChI=1S/C20H23BrFN3O2/c1-24(13-15-2-3-16(21)12-19(15)22)14-20(26)23-17-4-6-18(7-5-17)25-8-10-27-11-9-25/h2-7,12H,8-11,13-14H2,1H3,(H,23,26). The smallest absolute Gasteiger partial charge is 0.238 e. The Kier molecular flexibility index (Phi) is 6.82. The molecule has 0 aromatic heterocycles. The number of benzene rings is 2. The van der Waals surface area contributed by atoms with E-state index in [4.69, 9.17) is 4.74 Å². The van der Waals surface area contributed by atoms with Crippen LogP contribution in [0.15, 0.2) is 46.9 Å². The Morgan fingerprint density at radius 1 is 1.22 bits per heavy atom. The van der Waals surface area contributed by atoms with Crippen LogP contribution in [0.1, 0.15) is 5.56 Å². The highest BCUT2D eigenvalue weighted by atomic mass is 79.9. The molecule has 1 aliphatic rings. The molecular formula is C20H23BrFN3O2. The number of carbonyl (C=O) groups is 1. The average molecular weight is 436 g/mol. The first-order valence-corrected chi connectivity index (χ1v) is 9.65. The normalized spacial score (nSPS) is 14.4. The van der Waals surface area contributed by atoms with Crippen LogP contribution in [-0.4, -0.2) is 50.7 Å². The first kappa shape index (κ1) is 19.8. The van der Waals surface area contributed by atoms with Gasteiger partial charge in [-0.3, -0.25) is 9.69 Å². The van der Waals surface area contributed by atoms with Crippen LogP contribution in [0.5, 0.6) is 0 Å². The first-order chi connectivity index (χ1) is 13.0. The van der Waals surface area contributed by atoms with Crippen molar-refractivity contribution in [2.45, 2.75) is 6.54 Å². The van der Waals surface area contributed by atoms with Crippen molar-refractivity contribution in [3.8, 4) is 0 Å². The fraction of sp³-hybridized carbons (Fsp3) is 0.350. The average Bonchev–Trinajstić information content (AvgIpc) is 2.65. The van der Waals surface area contributed by atoms with Gasteiger partial charge in [0.1, 0.15) is 5.82 Å². The maximum absolute atomic E-state index is 13.9. The Morgan fingerprint density at radius 3 is 2.59 bits per heavy atom. The Balaban J connectivity index is 1.50. The number of amides is 1. The van der Waals surface area contributed by atoms with E-state index in [-0.39, 0.29) is 18.3 Å². The zero-order valence-electron chi connectivity index (χ0n) is 15.3. The Labute approximate surface area is 167 Å². The highest BCUT2D eigenvalue weighted by Gasteiger charge is 2.13. The van der Waals surface area contributed by atoms with E-state index in [0.29, 0.717) is 16.6 Å². The minimum Gasteiger partial charge on any atom is -0.378 e. The molecule has 0 radical (unpaired) electrons. The summed E-state index contributed by atoms with van der Waals surface area (Å²) in [5.41, 5.74) is 2.43. The van der Waals surface area contributed by atoms with Gasteiger partial charge in [0.05, 0.1) is 19.8 Å². The van der Waals surface area contributed by atoms with Gasteiger partial charge in [-0.1, -0.05) is 22.0 Å². The van der Waals surface area contributed by atoms with Gasteiger partial charge in [0, 0.05) is 41.0 Å². The predicted molar refractivity (Wildman–Crippen MR) is 109 cm³/mol. The summed E-state index contributed by atoms with van der Waals surface area (Å²) in [4.78, 5) is 16.3. The third kappa shape index (κ3) is 5.76. The van der Waals surface area contributed by atoms with Crippen molar-refractivity contribution in [2.24, 2.45) is 0 Å². The topological polar surface area (TPSA) is 44.8 Å². The second-order valence-electron chi connectivity index (χ2n) is 6.60. The molecule has 1 N–H and O–H groups in total. The molecule has 144 valence electrons. The molecule has 5 nitrogen and oxygen atoms in total. The van der Waals surface area contributed by atoms with Crippen LogP contribution in [0.4, 0.5) is 15.8 Å².